The Balaban J connectivity index is 1.36. The van der Waals surface area contributed by atoms with Crippen LogP contribution in [0.5, 0.6) is 0 Å². The normalized spacial score (nSPS) is 25.6. The van der Waals surface area contributed by atoms with Crippen LogP contribution >= 0.6 is 0 Å². The molecule has 3 aliphatic heterocycles. The van der Waals surface area contributed by atoms with Crippen LogP contribution in [0.3, 0.4) is 0 Å². The first kappa shape index (κ1) is 18.4. The van der Waals surface area contributed by atoms with E-state index in [9.17, 15) is 9.59 Å². The van der Waals surface area contributed by atoms with Gasteiger partial charge in [-0.1, -0.05) is 12.5 Å². The first-order valence-corrected chi connectivity index (χ1v) is 10.3. The fraction of sp³-hybridized carbons (Fsp3) is 0.667. The van der Waals surface area contributed by atoms with E-state index in [1.165, 1.54) is 19.3 Å². The fourth-order valence-electron chi connectivity index (χ4n) is 4.63. The molecule has 1 aromatic rings. The van der Waals surface area contributed by atoms with Gasteiger partial charge in [-0.05, 0) is 50.3 Å². The van der Waals surface area contributed by atoms with Gasteiger partial charge in [0.1, 0.15) is 0 Å². The van der Waals surface area contributed by atoms with Crippen LogP contribution in [0, 0.1) is 11.8 Å². The van der Waals surface area contributed by atoms with Crippen molar-refractivity contribution < 1.29 is 9.59 Å². The molecule has 146 valence electrons. The maximum absolute atomic E-state index is 12.9. The molecule has 2 atom stereocenters. The molecule has 4 aliphatic rings. The number of carbonyl (C=O) groups is 2. The Labute approximate surface area is 161 Å². The van der Waals surface area contributed by atoms with Crippen molar-refractivity contribution in [1.29, 1.82) is 0 Å². The van der Waals surface area contributed by atoms with Crippen molar-refractivity contribution in [3.05, 3.63) is 30.1 Å². The topological polar surface area (TPSA) is 56.8 Å². The molecule has 2 amide bonds. The number of likely N-dealkylation sites (N-methyl/N-ethyl adjacent to an activating group) is 1. The van der Waals surface area contributed by atoms with E-state index in [2.05, 4.69) is 9.88 Å². The molecule has 0 spiro atoms. The number of amides is 2. The summed E-state index contributed by atoms with van der Waals surface area (Å²) < 4.78 is 0. The lowest BCUT2D eigenvalue weighted by Gasteiger charge is -2.40. The Morgan fingerprint density at radius 3 is 2.81 bits per heavy atom. The lowest BCUT2D eigenvalue weighted by atomic mass is 9.83. The van der Waals surface area contributed by atoms with Gasteiger partial charge < -0.3 is 9.80 Å². The third kappa shape index (κ3) is 4.15. The predicted molar refractivity (Wildman–Crippen MR) is 103 cm³/mol. The van der Waals surface area contributed by atoms with Gasteiger partial charge in [-0.3, -0.25) is 19.5 Å². The fourth-order valence-corrected chi connectivity index (χ4v) is 4.63. The molecule has 4 heterocycles. The molecule has 1 saturated carbocycles. The van der Waals surface area contributed by atoms with Crippen molar-refractivity contribution in [2.24, 2.45) is 11.8 Å². The minimum absolute atomic E-state index is 0.00333. The Bertz CT molecular complexity index is 676. The zero-order valence-electron chi connectivity index (χ0n) is 16.2. The average Bonchev–Trinajstić information content (AvgIpc) is 2.90. The molecule has 0 unspecified atom stereocenters. The maximum atomic E-state index is 12.9. The minimum Gasteiger partial charge on any atom is -0.339 e. The minimum atomic E-state index is -0.00333. The van der Waals surface area contributed by atoms with Crippen LogP contribution < -0.4 is 0 Å². The molecule has 5 rings (SSSR count). The molecule has 0 N–H and O–H groups in total. The smallest absolute Gasteiger partial charge is 0.236 e. The van der Waals surface area contributed by atoms with Crippen LogP contribution in [-0.2, 0) is 16.1 Å². The predicted octanol–water partition coefficient (Wildman–Crippen LogP) is 1.76. The highest BCUT2D eigenvalue weighted by atomic mass is 16.2. The number of fused-ring (bicyclic) bond motifs is 4. The van der Waals surface area contributed by atoms with Crippen LogP contribution in [-0.4, -0.2) is 70.8 Å². The third-order valence-electron chi connectivity index (χ3n) is 6.41. The molecule has 6 heteroatoms. The van der Waals surface area contributed by atoms with Gasteiger partial charge in [0.25, 0.3) is 0 Å². The molecule has 0 aromatic carbocycles. The van der Waals surface area contributed by atoms with Crippen molar-refractivity contribution >= 4 is 11.8 Å². The van der Waals surface area contributed by atoms with Crippen LogP contribution in [0.15, 0.2) is 24.5 Å². The third-order valence-corrected chi connectivity index (χ3v) is 6.41. The molecule has 4 fully saturated rings. The van der Waals surface area contributed by atoms with E-state index in [-0.39, 0.29) is 23.8 Å². The quantitative estimate of drug-likeness (QED) is 0.766. The van der Waals surface area contributed by atoms with Gasteiger partial charge in [0, 0.05) is 44.6 Å². The van der Waals surface area contributed by atoms with E-state index in [4.69, 9.17) is 0 Å². The standard InChI is InChI=1S/C21H30N4O2/c1-23(11-17-6-3-9-22-10-17)15-20(26)24-13-18-7-8-19(14-24)25(21(18)27)12-16-4-2-5-16/h3,6,9-10,16,18-19H,2,4-5,7-8,11-15H2,1H3/t18-,19+/m1/s1. The molecule has 6 nitrogen and oxygen atoms in total. The summed E-state index contributed by atoms with van der Waals surface area (Å²) >= 11 is 0. The second-order valence-electron chi connectivity index (χ2n) is 8.55. The Morgan fingerprint density at radius 2 is 2.11 bits per heavy atom. The average molecular weight is 370 g/mol. The van der Waals surface area contributed by atoms with Crippen molar-refractivity contribution in [1.82, 2.24) is 19.7 Å². The zero-order chi connectivity index (χ0) is 18.8. The number of nitrogens with zero attached hydrogens (tertiary/aromatic N) is 4. The van der Waals surface area contributed by atoms with Gasteiger partial charge in [-0.2, -0.15) is 0 Å². The Morgan fingerprint density at radius 1 is 1.26 bits per heavy atom. The number of pyridine rings is 1. The SMILES string of the molecule is CN(CC(=O)N1C[C@H]2CC[C@@H](C1)N(CC1CCC1)C2=O)Cc1cccnc1. The number of hydrogen-bond acceptors (Lipinski definition) is 4. The van der Waals surface area contributed by atoms with Gasteiger partial charge in [0.05, 0.1) is 12.5 Å². The molecular weight excluding hydrogens is 340 g/mol. The lowest BCUT2D eigenvalue weighted by molar-refractivity contribution is -0.141. The van der Waals surface area contributed by atoms with E-state index >= 15 is 0 Å². The summed E-state index contributed by atoms with van der Waals surface area (Å²) in [5, 5.41) is 0. The van der Waals surface area contributed by atoms with Crippen molar-refractivity contribution in [2.45, 2.75) is 44.7 Å². The van der Waals surface area contributed by atoms with E-state index in [1.807, 2.05) is 35.2 Å². The summed E-state index contributed by atoms with van der Waals surface area (Å²) in [7, 11) is 1.96. The van der Waals surface area contributed by atoms with Crippen LogP contribution in [0.1, 0.15) is 37.7 Å². The van der Waals surface area contributed by atoms with E-state index < -0.39 is 0 Å². The molecule has 1 aliphatic carbocycles. The second kappa shape index (κ2) is 7.97. The van der Waals surface area contributed by atoms with Crippen LogP contribution in [0.2, 0.25) is 0 Å². The summed E-state index contributed by atoms with van der Waals surface area (Å²) in [4.78, 5) is 36.0. The van der Waals surface area contributed by atoms with Gasteiger partial charge in [0.15, 0.2) is 0 Å². The Kier molecular flexibility index (Phi) is 5.43. The number of rotatable bonds is 6. The Hall–Kier alpha value is -1.95. The molecule has 1 aromatic heterocycles. The monoisotopic (exact) mass is 370 g/mol. The summed E-state index contributed by atoms with van der Waals surface area (Å²) in [6.45, 7) is 3.28. The van der Waals surface area contributed by atoms with Gasteiger partial charge in [-0.25, -0.2) is 0 Å². The number of aromatic nitrogens is 1. The van der Waals surface area contributed by atoms with E-state index in [0.29, 0.717) is 32.1 Å². The number of hydrogen-bond donors (Lipinski definition) is 0. The van der Waals surface area contributed by atoms with Gasteiger partial charge >= 0.3 is 0 Å². The number of piperidine rings is 1. The highest BCUT2D eigenvalue weighted by molar-refractivity contribution is 5.83. The number of carbonyl (C=O) groups excluding carboxylic acids is 2. The van der Waals surface area contributed by atoms with E-state index in [1.54, 1.807) is 6.20 Å². The molecule has 27 heavy (non-hydrogen) atoms. The summed E-state index contributed by atoms with van der Waals surface area (Å²) in [5.41, 5.74) is 1.10. The first-order valence-electron chi connectivity index (χ1n) is 10.3. The van der Waals surface area contributed by atoms with Gasteiger partial charge in [-0.15, -0.1) is 0 Å². The van der Waals surface area contributed by atoms with Crippen LogP contribution in [0.25, 0.3) is 0 Å². The summed E-state index contributed by atoms with van der Waals surface area (Å²) in [6, 6.07) is 4.15. The largest absolute Gasteiger partial charge is 0.339 e. The van der Waals surface area contributed by atoms with Crippen molar-refractivity contribution in [2.75, 3.05) is 33.2 Å². The molecule has 3 saturated heterocycles. The van der Waals surface area contributed by atoms with Crippen molar-refractivity contribution in [3.63, 3.8) is 0 Å². The molecular formula is C21H30N4O2. The molecule has 0 radical (unpaired) electrons. The zero-order valence-corrected chi connectivity index (χ0v) is 16.2. The van der Waals surface area contributed by atoms with Crippen LogP contribution in [0.4, 0.5) is 0 Å². The molecule has 2 bridgehead atoms. The maximum Gasteiger partial charge on any atom is 0.236 e. The van der Waals surface area contributed by atoms with Crippen molar-refractivity contribution in [3.8, 4) is 0 Å². The first-order chi connectivity index (χ1) is 13.1. The summed E-state index contributed by atoms with van der Waals surface area (Å²) in [6.07, 6.45) is 9.37. The van der Waals surface area contributed by atoms with Gasteiger partial charge in [0.2, 0.25) is 11.8 Å². The lowest BCUT2D eigenvalue weighted by Crippen LogP contribution is -2.50. The highest BCUT2D eigenvalue weighted by Crippen LogP contribution is 2.34. The highest BCUT2D eigenvalue weighted by Gasteiger charge is 2.42. The van der Waals surface area contributed by atoms with E-state index in [0.717, 1.165) is 24.9 Å². The second-order valence-corrected chi connectivity index (χ2v) is 8.55. The summed E-state index contributed by atoms with van der Waals surface area (Å²) in [5.74, 6) is 1.10.